The Morgan fingerprint density at radius 1 is 1.00 bits per heavy atom. The lowest BCUT2D eigenvalue weighted by Gasteiger charge is -2.09. The Balaban J connectivity index is 2.11. The number of halogens is 2. The van der Waals surface area contributed by atoms with Gasteiger partial charge < -0.3 is 5.32 Å². The van der Waals surface area contributed by atoms with E-state index in [2.05, 4.69) is 11.9 Å². The Hall–Kier alpha value is -1.80. The summed E-state index contributed by atoms with van der Waals surface area (Å²) in [5, 5.41) is 3.78. The molecular weight excluding hydrogens is 237 g/mol. The van der Waals surface area contributed by atoms with Gasteiger partial charge >= 0.3 is 0 Å². The van der Waals surface area contributed by atoms with Crippen LogP contribution in [0.2, 0.25) is 5.02 Å². The van der Waals surface area contributed by atoms with Gasteiger partial charge in [0.25, 0.3) is 0 Å². The number of rotatable bonds is 3. The highest BCUT2D eigenvalue weighted by Crippen LogP contribution is 2.19. The molecule has 0 fully saturated rings. The first-order chi connectivity index (χ1) is 8.15. The summed E-state index contributed by atoms with van der Waals surface area (Å²) in [6.07, 6.45) is 0. The summed E-state index contributed by atoms with van der Waals surface area (Å²) in [4.78, 5) is 0. The lowest BCUT2D eigenvalue weighted by molar-refractivity contribution is 0.628. The molecule has 2 aromatic carbocycles. The normalized spacial score (nSPS) is 10.0. The number of hydrogen-bond acceptors (Lipinski definition) is 1. The minimum Gasteiger partial charge on any atom is -0.356 e. The van der Waals surface area contributed by atoms with E-state index in [0.717, 1.165) is 16.9 Å². The van der Waals surface area contributed by atoms with Gasteiger partial charge in [-0.15, -0.1) is 0 Å². The van der Waals surface area contributed by atoms with Gasteiger partial charge in [0.15, 0.2) is 0 Å². The number of benzene rings is 2. The molecule has 0 aromatic heterocycles. The topological polar surface area (TPSA) is 12.0 Å². The van der Waals surface area contributed by atoms with Crippen molar-refractivity contribution >= 4 is 23.0 Å². The van der Waals surface area contributed by atoms with Gasteiger partial charge in [0.2, 0.25) is 0 Å². The maximum atomic E-state index is 12.7. The highest BCUT2D eigenvalue weighted by atomic mass is 35.5. The van der Waals surface area contributed by atoms with Gasteiger partial charge in [0.1, 0.15) is 5.82 Å². The molecule has 0 heterocycles. The molecule has 0 saturated carbocycles. The Morgan fingerprint density at radius 2 is 1.59 bits per heavy atom. The Labute approximate surface area is 105 Å². The monoisotopic (exact) mass is 247 g/mol. The van der Waals surface area contributed by atoms with Crippen molar-refractivity contribution in [2.45, 2.75) is 0 Å². The van der Waals surface area contributed by atoms with Crippen LogP contribution in [0.25, 0.3) is 5.70 Å². The predicted molar refractivity (Wildman–Crippen MR) is 70.5 cm³/mol. The van der Waals surface area contributed by atoms with Crippen LogP contribution in [0, 0.1) is 5.82 Å². The summed E-state index contributed by atoms with van der Waals surface area (Å²) in [5.74, 6) is -0.257. The summed E-state index contributed by atoms with van der Waals surface area (Å²) >= 11 is 5.80. The van der Waals surface area contributed by atoms with E-state index in [1.165, 1.54) is 12.1 Å². The molecule has 0 saturated heterocycles. The highest BCUT2D eigenvalue weighted by Gasteiger charge is 1.99. The third kappa shape index (κ3) is 3.08. The highest BCUT2D eigenvalue weighted by molar-refractivity contribution is 6.30. The average molecular weight is 248 g/mol. The average Bonchev–Trinajstić information content (AvgIpc) is 2.33. The van der Waals surface area contributed by atoms with Crippen molar-refractivity contribution in [1.29, 1.82) is 0 Å². The van der Waals surface area contributed by atoms with Gasteiger partial charge in [-0.3, -0.25) is 0 Å². The lowest BCUT2D eigenvalue weighted by Crippen LogP contribution is -1.96. The molecular formula is C14H11ClFN. The fourth-order valence-electron chi connectivity index (χ4n) is 1.43. The van der Waals surface area contributed by atoms with E-state index in [0.29, 0.717) is 5.02 Å². The van der Waals surface area contributed by atoms with E-state index in [4.69, 9.17) is 11.6 Å². The van der Waals surface area contributed by atoms with Gasteiger partial charge in [0.05, 0.1) is 0 Å². The second-order valence-corrected chi connectivity index (χ2v) is 4.05. The SMILES string of the molecule is C=C(Nc1ccc(F)cc1)c1ccc(Cl)cc1. The molecule has 0 unspecified atom stereocenters. The van der Waals surface area contributed by atoms with Crippen LogP contribution in [0.3, 0.4) is 0 Å². The van der Waals surface area contributed by atoms with Gasteiger partial charge in [-0.05, 0) is 42.0 Å². The molecule has 0 bridgehead atoms. The first kappa shape index (κ1) is 11.7. The van der Waals surface area contributed by atoms with E-state index in [9.17, 15) is 4.39 Å². The molecule has 0 spiro atoms. The van der Waals surface area contributed by atoms with Crippen LogP contribution in [0.15, 0.2) is 55.1 Å². The van der Waals surface area contributed by atoms with Crippen LogP contribution < -0.4 is 5.32 Å². The second-order valence-electron chi connectivity index (χ2n) is 3.62. The molecule has 3 heteroatoms. The minimum atomic E-state index is -0.257. The summed E-state index contributed by atoms with van der Waals surface area (Å²) in [7, 11) is 0. The summed E-state index contributed by atoms with van der Waals surface area (Å²) < 4.78 is 12.7. The molecule has 2 aromatic rings. The van der Waals surface area contributed by atoms with Crippen LogP contribution >= 0.6 is 11.6 Å². The van der Waals surface area contributed by atoms with Gasteiger partial charge in [-0.25, -0.2) is 4.39 Å². The quantitative estimate of drug-likeness (QED) is 0.838. The first-order valence-corrected chi connectivity index (χ1v) is 5.50. The molecule has 0 radical (unpaired) electrons. The number of anilines is 1. The third-order valence-electron chi connectivity index (χ3n) is 2.33. The molecule has 17 heavy (non-hydrogen) atoms. The molecule has 0 aliphatic heterocycles. The zero-order valence-corrected chi connectivity index (χ0v) is 9.84. The molecule has 0 amide bonds. The van der Waals surface area contributed by atoms with Crippen molar-refractivity contribution in [2.24, 2.45) is 0 Å². The molecule has 1 nitrogen and oxygen atoms in total. The number of nitrogens with one attached hydrogen (secondary N) is 1. The summed E-state index contributed by atoms with van der Waals surface area (Å²) in [6.45, 7) is 3.92. The summed E-state index contributed by atoms with van der Waals surface area (Å²) in [5.41, 5.74) is 2.48. The van der Waals surface area contributed by atoms with E-state index in [1.807, 2.05) is 12.1 Å². The fourth-order valence-corrected chi connectivity index (χ4v) is 1.56. The van der Waals surface area contributed by atoms with Crippen molar-refractivity contribution in [3.63, 3.8) is 0 Å². The minimum absolute atomic E-state index is 0.257. The Morgan fingerprint density at radius 3 is 2.18 bits per heavy atom. The molecule has 0 aliphatic carbocycles. The molecule has 86 valence electrons. The van der Waals surface area contributed by atoms with Gasteiger partial charge in [-0.1, -0.05) is 30.3 Å². The van der Waals surface area contributed by atoms with E-state index < -0.39 is 0 Å². The van der Waals surface area contributed by atoms with E-state index >= 15 is 0 Å². The van der Waals surface area contributed by atoms with Crippen LogP contribution in [-0.2, 0) is 0 Å². The fraction of sp³-hybridized carbons (Fsp3) is 0. The van der Waals surface area contributed by atoms with Crippen LogP contribution in [0.5, 0.6) is 0 Å². The van der Waals surface area contributed by atoms with Crippen LogP contribution in [0.1, 0.15) is 5.56 Å². The summed E-state index contributed by atoms with van der Waals surface area (Å²) in [6, 6.07) is 13.5. The molecule has 1 N–H and O–H groups in total. The maximum Gasteiger partial charge on any atom is 0.123 e. The standard InChI is InChI=1S/C14H11ClFN/c1-10(11-2-4-12(15)5-3-11)17-14-8-6-13(16)7-9-14/h2-9,17H,1H2. The van der Waals surface area contributed by atoms with Crippen molar-refractivity contribution in [1.82, 2.24) is 0 Å². The number of hydrogen-bond donors (Lipinski definition) is 1. The molecule has 0 atom stereocenters. The zero-order valence-electron chi connectivity index (χ0n) is 9.08. The van der Waals surface area contributed by atoms with Crippen molar-refractivity contribution < 1.29 is 4.39 Å². The van der Waals surface area contributed by atoms with Gasteiger partial charge in [0, 0.05) is 16.4 Å². The Kier molecular flexibility index (Phi) is 3.45. The third-order valence-corrected chi connectivity index (χ3v) is 2.58. The lowest BCUT2D eigenvalue weighted by atomic mass is 10.1. The molecule has 0 aliphatic rings. The van der Waals surface area contributed by atoms with Crippen molar-refractivity contribution in [2.75, 3.05) is 5.32 Å². The van der Waals surface area contributed by atoms with Crippen LogP contribution in [0.4, 0.5) is 10.1 Å². The Bertz CT molecular complexity index is 517. The molecule has 2 rings (SSSR count). The van der Waals surface area contributed by atoms with E-state index in [1.54, 1.807) is 24.3 Å². The first-order valence-electron chi connectivity index (χ1n) is 5.12. The smallest absolute Gasteiger partial charge is 0.123 e. The van der Waals surface area contributed by atoms with Gasteiger partial charge in [-0.2, -0.15) is 0 Å². The largest absolute Gasteiger partial charge is 0.356 e. The van der Waals surface area contributed by atoms with E-state index in [-0.39, 0.29) is 5.82 Å². The maximum absolute atomic E-state index is 12.7. The van der Waals surface area contributed by atoms with Crippen molar-refractivity contribution in [3.05, 3.63) is 71.5 Å². The zero-order chi connectivity index (χ0) is 12.3. The van der Waals surface area contributed by atoms with Crippen molar-refractivity contribution in [3.8, 4) is 0 Å². The second kappa shape index (κ2) is 5.02. The van der Waals surface area contributed by atoms with Crippen LogP contribution in [-0.4, -0.2) is 0 Å². The predicted octanol–water partition coefficient (Wildman–Crippen LogP) is 4.56.